The minimum atomic E-state index is -1.72. The first kappa shape index (κ1) is 28.0. The minimum absolute atomic E-state index is 0.158. The zero-order valence-corrected chi connectivity index (χ0v) is 21.4. The highest BCUT2D eigenvalue weighted by Crippen LogP contribution is 2.32. The quantitative estimate of drug-likeness (QED) is 0.138. The van der Waals surface area contributed by atoms with Gasteiger partial charge in [0.05, 0.1) is 10.0 Å². The summed E-state index contributed by atoms with van der Waals surface area (Å²) in [5.74, 6) is -0.158. The standard InChI is InChI=1S/C22H33Cl5N2O/c1-2-3-4-5-6-7-8-9-10-11-12-13-20(30)29-21(22(25,26)27)28-17-14-15-18(23)19(24)16-17/h14-16,21,28H,2-13H2,1H3,(H,29,30)/t21-/m1/s1. The smallest absolute Gasteiger partial charge is 0.228 e. The van der Waals surface area contributed by atoms with Gasteiger partial charge in [0.25, 0.3) is 0 Å². The van der Waals surface area contributed by atoms with Crippen LogP contribution in [0.3, 0.4) is 0 Å². The monoisotopic (exact) mass is 516 g/mol. The van der Waals surface area contributed by atoms with Crippen molar-refractivity contribution in [1.29, 1.82) is 0 Å². The third-order valence-electron chi connectivity index (χ3n) is 4.87. The molecule has 1 aromatic rings. The number of hydrogen-bond donors (Lipinski definition) is 2. The van der Waals surface area contributed by atoms with Crippen LogP contribution in [0.4, 0.5) is 5.69 Å². The van der Waals surface area contributed by atoms with Gasteiger partial charge in [-0.05, 0) is 24.6 Å². The number of amides is 1. The minimum Gasteiger partial charge on any atom is -0.362 e. The summed E-state index contributed by atoms with van der Waals surface area (Å²) in [6.45, 7) is 2.24. The van der Waals surface area contributed by atoms with Gasteiger partial charge in [0, 0.05) is 12.1 Å². The second-order valence-electron chi connectivity index (χ2n) is 7.60. The van der Waals surface area contributed by atoms with Gasteiger partial charge >= 0.3 is 0 Å². The zero-order chi connectivity index (χ0) is 22.4. The molecule has 0 aromatic heterocycles. The lowest BCUT2D eigenvalue weighted by Crippen LogP contribution is -2.49. The summed E-state index contributed by atoms with van der Waals surface area (Å²) in [5, 5.41) is 6.54. The van der Waals surface area contributed by atoms with Gasteiger partial charge in [-0.2, -0.15) is 0 Å². The molecule has 1 rings (SSSR count). The highest BCUT2D eigenvalue weighted by molar-refractivity contribution is 6.68. The summed E-state index contributed by atoms with van der Waals surface area (Å²) in [7, 11) is 0. The van der Waals surface area contributed by atoms with E-state index in [9.17, 15) is 4.79 Å². The Kier molecular flexibility index (Phi) is 14.6. The predicted molar refractivity (Wildman–Crippen MR) is 133 cm³/mol. The molecular weight excluding hydrogens is 486 g/mol. The number of rotatable bonds is 15. The first-order valence-electron chi connectivity index (χ1n) is 10.8. The first-order valence-corrected chi connectivity index (χ1v) is 12.7. The largest absolute Gasteiger partial charge is 0.362 e. The molecule has 2 N–H and O–H groups in total. The van der Waals surface area contributed by atoms with Crippen molar-refractivity contribution in [2.75, 3.05) is 5.32 Å². The zero-order valence-electron chi connectivity index (χ0n) is 17.6. The third kappa shape index (κ3) is 12.7. The van der Waals surface area contributed by atoms with Gasteiger partial charge in [-0.15, -0.1) is 0 Å². The highest BCUT2D eigenvalue weighted by Gasteiger charge is 2.34. The second kappa shape index (κ2) is 15.7. The molecule has 0 aliphatic heterocycles. The fourth-order valence-corrected chi connectivity index (χ4v) is 3.76. The van der Waals surface area contributed by atoms with E-state index in [1.165, 1.54) is 51.4 Å². The molecule has 8 heteroatoms. The van der Waals surface area contributed by atoms with Crippen LogP contribution in [-0.2, 0) is 4.79 Å². The molecule has 3 nitrogen and oxygen atoms in total. The van der Waals surface area contributed by atoms with E-state index in [4.69, 9.17) is 58.0 Å². The molecule has 0 aliphatic carbocycles. The highest BCUT2D eigenvalue weighted by atomic mass is 35.6. The number of halogens is 5. The van der Waals surface area contributed by atoms with E-state index in [-0.39, 0.29) is 5.91 Å². The Bertz CT molecular complexity index is 622. The van der Waals surface area contributed by atoms with Crippen LogP contribution in [-0.4, -0.2) is 15.9 Å². The van der Waals surface area contributed by atoms with E-state index < -0.39 is 9.96 Å². The number of unbranched alkanes of at least 4 members (excludes halogenated alkanes) is 10. The van der Waals surface area contributed by atoms with Crippen molar-refractivity contribution in [2.24, 2.45) is 0 Å². The second-order valence-corrected chi connectivity index (χ2v) is 10.8. The van der Waals surface area contributed by atoms with Crippen LogP contribution in [0.15, 0.2) is 18.2 Å². The Labute approximate surface area is 206 Å². The van der Waals surface area contributed by atoms with E-state index >= 15 is 0 Å². The summed E-state index contributed by atoms with van der Waals surface area (Å²) < 4.78 is -1.72. The Morgan fingerprint density at radius 2 is 1.40 bits per heavy atom. The number of benzene rings is 1. The Morgan fingerprint density at radius 1 is 0.867 bits per heavy atom. The molecule has 1 atom stereocenters. The van der Waals surface area contributed by atoms with Crippen molar-refractivity contribution in [3.8, 4) is 0 Å². The SMILES string of the molecule is CCCCCCCCCCCCCC(=O)N[C@@H](Nc1ccc(Cl)c(Cl)c1)C(Cl)(Cl)Cl. The van der Waals surface area contributed by atoms with Gasteiger partial charge in [-0.3, -0.25) is 4.79 Å². The Hall–Kier alpha value is -0.0600. The van der Waals surface area contributed by atoms with Crippen LogP contribution in [0.5, 0.6) is 0 Å². The average Bonchev–Trinajstić information content (AvgIpc) is 2.67. The molecule has 172 valence electrons. The fraction of sp³-hybridized carbons (Fsp3) is 0.682. The van der Waals surface area contributed by atoms with Gasteiger partial charge in [-0.1, -0.05) is 129 Å². The first-order chi connectivity index (χ1) is 14.2. The van der Waals surface area contributed by atoms with Gasteiger partial charge < -0.3 is 10.6 Å². The van der Waals surface area contributed by atoms with Crippen LogP contribution in [0.2, 0.25) is 10.0 Å². The molecule has 1 aromatic carbocycles. The number of carbonyl (C=O) groups is 1. The maximum Gasteiger partial charge on any atom is 0.228 e. The number of anilines is 1. The molecule has 0 fully saturated rings. The molecular formula is C22H33Cl5N2O. The molecule has 0 heterocycles. The van der Waals surface area contributed by atoms with E-state index in [1.807, 2.05) is 0 Å². The van der Waals surface area contributed by atoms with Crippen LogP contribution >= 0.6 is 58.0 Å². The van der Waals surface area contributed by atoms with E-state index in [0.717, 1.165) is 19.3 Å². The Balaban J connectivity index is 2.25. The summed E-state index contributed by atoms with van der Waals surface area (Å²) in [6.07, 6.45) is 13.0. The molecule has 0 saturated carbocycles. The normalized spacial score (nSPS) is 12.6. The number of hydrogen-bond acceptors (Lipinski definition) is 2. The van der Waals surface area contributed by atoms with Gasteiger partial charge in [0.1, 0.15) is 6.17 Å². The van der Waals surface area contributed by atoms with Crippen LogP contribution in [0.25, 0.3) is 0 Å². The maximum absolute atomic E-state index is 12.3. The van der Waals surface area contributed by atoms with Crippen LogP contribution in [0, 0.1) is 0 Å². The molecule has 0 spiro atoms. The number of carbonyl (C=O) groups excluding carboxylic acids is 1. The van der Waals surface area contributed by atoms with E-state index in [1.54, 1.807) is 18.2 Å². The van der Waals surface area contributed by atoms with Crippen molar-refractivity contribution in [3.63, 3.8) is 0 Å². The van der Waals surface area contributed by atoms with Gasteiger partial charge in [0.2, 0.25) is 9.70 Å². The Morgan fingerprint density at radius 3 is 1.90 bits per heavy atom. The van der Waals surface area contributed by atoms with Crippen molar-refractivity contribution < 1.29 is 4.79 Å². The van der Waals surface area contributed by atoms with Gasteiger partial charge in [0.15, 0.2) is 0 Å². The molecule has 0 bridgehead atoms. The molecule has 0 saturated heterocycles. The maximum atomic E-state index is 12.3. The molecule has 30 heavy (non-hydrogen) atoms. The number of alkyl halides is 3. The molecule has 0 aliphatic rings. The van der Waals surface area contributed by atoms with Crippen molar-refractivity contribution in [2.45, 2.75) is 93.9 Å². The summed E-state index contributed by atoms with van der Waals surface area (Å²) in [6, 6.07) is 4.95. The summed E-state index contributed by atoms with van der Waals surface area (Å²) in [5.41, 5.74) is 0.593. The fourth-order valence-electron chi connectivity index (χ4n) is 3.14. The third-order valence-corrected chi connectivity index (χ3v) is 6.26. The number of nitrogens with one attached hydrogen (secondary N) is 2. The van der Waals surface area contributed by atoms with Gasteiger partial charge in [-0.25, -0.2) is 0 Å². The lowest BCUT2D eigenvalue weighted by Gasteiger charge is -2.27. The van der Waals surface area contributed by atoms with Crippen LogP contribution < -0.4 is 10.6 Å². The van der Waals surface area contributed by atoms with E-state index in [0.29, 0.717) is 22.2 Å². The molecule has 1 amide bonds. The van der Waals surface area contributed by atoms with Crippen LogP contribution in [0.1, 0.15) is 84.0 Å². The lowest BCUT2D eigenvalue weighted by atomic mass is 10.1. The van der Waals surface area contributed by atoms with E-state index in [2.05, 4.69) is 17.6 Å². The van der Waals surface area contributed by atoms with Crippen molar-refractivity contribution >= 4 is 69.6 Å². The topological polar surface area (TPSA) is 41.1 Å². The van der Waals surface area contributed by atoms with Crippen molar-refractivity contribution in [3.05, 3.63) is 28.2 Å². The molecule has 0 radical (unpaired) electrons. The summed E-state index contributed by atoms with van der Waals surface area (Å²) >= 11 is 30.0. The van der Waals surface area contributed by atoms with Crippen molar-refractivity contribution in [1.82, 2.24) is 5.32 Å². The molecule has 0 unspecified atom stereocenters. The summed E-state index contributed by atoms with van der Waals surface area (Å²) in [4.78, 5) is 12.3. The predicted octanol–water partition coefficient (Wildman–Crippen LogP) is 8.92. The average molecular weight is 519 g/mol. The lowest BCUT2D eigenvalue weighted by molar-refractivity contribution is -0.121.